The van der Waals surface area contributed by atoms with Gasteiger partial charge in [0.25, 0.3) is 0 Å². The van der Waals surface area contributed by atoms with E-state index in [2.05, 4.69) is 55.6 Å². The third-order valence-electron chi connectivity index (χ3n) is 15.1. The molecule has 0 rings (SSSR count). The minimum absolute atomic E-state index is 0.0213. The second-order valence-electron chi connectivity index (χ2n) is 22.5. The van der Waals surface area contributed by atoms with Crippen molar-refractivity contribution >= 4 is 11.9 Å². The van der Waals surface area contributed by atoms with Crippen LogP contribution in [0.4, 0.5) is 0 Å². The highest BCUT2D eigenvalue weighted by atomic mass is 16.5. The first-order chi connectivity index (χ1) is 36.5. The molecule has 0 saturated heterocycles. The molecule has 0 aliphatic carbocycles. The van der Waals surface area contributed by atoms with Crippen molar-refractivity contribution in [3.8, 4) is 0 Å². The van der Waals surface area contributed by atoms with Gasteiger partial charge in [0, 0.05) is 12.8 Å². The highest BCUT2D eigenvalue weighted by molar-refractivity contribution is 5.76. The van der Waals surface area contributed by atoms with E-state index in [1.54, 1.807) is 6.08 Å². The summed E-state index contributed by atoms with van der Waals surface area (Å²) in [6, 6.07) is -0.638. The lowest BCUT2D eigenvalue weighted by Gasteiger charge is -2.20. The summed E-state index contributed by atoms with van der Waals surface area (Å²) in [7, 11) is 0. The first-order valence-corrected chi connectivity index (χ1v) is 32.9. The van der Waals surface area contributed by atoms with Crippen LogP contribution in [0.3, 0.4) is 0 Å². The summed E-state index contributed by atoms with van der Waals surface area (Å²) < 4.78 is 5.46. The van der Waals surface area contributed by atoms with Crippen molar-refractivity contribution in [2.45, 2.75) is 360 Å². The Hall–Kier alpha value is -2.18. The van der Waals surface area contributed by atoms with Crippen LogP contribution in [0.2, 0.25) is 0 Å². The molecule has 0 aliphatic rings. The van der Waals surface area contributed by atoms with E-state index in [0.717, 1.165) is 77.0 Å². The Morgan fingerprint density at radius 3 is 1.04 bits per heavy atom. The van der Waals surface area contributed by atoms with E-state index in [1.807, 2.05) is 6.08 Å². The number of rotatable bonds is 61. The van der Waals surface area contributed by atoms with Crippen LogP contribution in [0.25, 0.3) is 0 Å². The molecule has 2 atom stereocenters. The van der Waals surface area contributed by atoms with Gasteiger partial charge in [-0.15, -0.1) is 0 Å². The van der Waals surface area contributed by atoms with Gasteiger partial charge >= 0.3 is 5.97 Å². The highest BCUT2D eigenvalue weighted by Crippen LogP contribution is 2.17. The number of carbonyl (C=O) groups is 2. The van der Waals surface area contributed by atoms with E-state index in [4.69, 9.17) is 4.74 Å². The van der Waals surface area contributed by atoms with Gasteiger partial charge in [-0.25, -0.2) is 0 Å². The zero-order valence-corrected chi connectivity index (χ0v) is 49.6. The van der Waals surface area contributed by atoms with Crippen LogP contribution in [0.15, 0.2) is 48.6 Å². The second-order valence-corrected chi connectivity index (χ2v) is 22.5. The Labute approximate surface area is 461 Å². The van der Waals surface area contributed by atoms with Gasteiger partial charge in [0.1, 0.15) is 0 Å². The first kappa shape index (κ1) is 71.8. The Morgan fingerprint density at radius 2 is 0.676 bits per heavy atom. The Bertz CT molecular complexity index is 1240. The molecule has 6 nitrogen and oxygen atoms in total. The van der Waals surface area contributed by atoms with Crippen molar-refractivity contribution in [1.29, 1.82) is 0 Å². The molecule has 0 saturated carbocycles. The maximum absolute atomic E-state index is 12.5. The molecule has 0 fully saturated rings. The van der Waals surface area contributed by atoms with E-state index < -0.39 is 12.1 Å². The van der Waals surface area contributed by atoms with E-state index in [1.165, 1.54) is 244 Å². The van der Waals surface area contributed by atoms with Gasteiger partial charge < -0.3 is 20.3 Å². The SMILES string of the molecule is CCCCCCCCC/C=C\CCCCCCCC(=O)OCCCCC/C=C\C=C/CCCCCCCCCCCCC(=O)NC(CO)C(O)/C=C/CCCCCCCCCCCCCCCCCCCCCC. The van der Waals surface area contributed by atoms with Crippen molar-refractivity contribution in [3.05, 3.63) is 48.6 Å². The maximum atomic E-state index is 12.5. The van der Waals surface area contributed by atoms with Crippen molar-refractivity contribution in [2.24, 2.45) is 0 Å². The van der Waals surface area contributed by atoms with Crippen LogP contribution in [0.5, 0.6) is 0 Å². The van der Waals surface area contributed by atoms with Crippen LogP contribution < -0.4 is 5.32 Å². The molecule has 0 aromatic carbocycles. The fourth-order valence-corrected chi connectivity index (χ4v) is 10.0. The van der Waals surface area contributed by atoms with Gasteiger partial charge in [-0.1, -0.05) is 294 Å². The van der Waals surface area contributed by atoms with Gasteiger partial charge in [-0.05, 0) is 89.9 Å². The van der Waals surface area contributed by atoms with E-state index in [0.29, 0.717) is 19.4 Å². The van der Waals surface area contributed by atoms with E-state index >= 15 is 0 Å². The quantitative estimate of drug-likeness (QED) is 0.0244. The molecule has 3 N–H and O–H groups in total. The van der Waals surface area contributed by atoms with Crippen molar-refractivity contribution in [2.75, 3.05) is 13.2 Å². The third-order valence-corrected chi connectivity index (χ3v) is 15.1. The van der Waals surface area contributed by atoms with Crippen LogP contribution in [0.1, 0.15) is 348 Å². The fourth-order valence-electron chi connectivity index (χ4n) is 10.0. The van der Waals surface area contributed by atoms with Crippen LogP contribution in [0, 0.1) is 0 Å². The summed E-state index contributed by atoms with van der Waals surface area (Å²) in [5, 5.41) is 23.2. The van der Waals surface area contributed by atoms with Gasteiger partial charge in [0.2, 0.25) is 5.91 Å². The van der Waals surface area contributed by atoms with Crippen LogP contribution in [-0.2, 0) is 14.3 Å². The average Bonchev–Trinajstić information content (AvgIpc) is 3.40. The Balaban J connectivity index is 3.50. The number of amides is 1. The second kappa shape index (κ2) is 63.4. The molecule has 74 heavy (non-hydrogen) atoms. The smallest absolute Gasteiger partial charge is 0.305 e. The molecular formula is C68H127NO5. The normalized spacial score (nSPS) is 12.9. The molecule has 0 aromatic heterocycles. The monoisotopic (exact) mass is 1040 g/mol. The van der Waals surface area contributed by atoms with E-state index in [9.17, 15) is 19.8 Å². The van der Waals surface area contributed by atoms with Gasteiger partial charge in [0.05, 0.1) is 25.4 Å². The molecular weight excluding hydrogens is 911 g/mol. The number of esters is 1. The topological polar surface area (TPSA) is 95.9 Å². The van der Waals surface area contributed by atoms with Crippen LogP contribution >= 0.6 is 0 Å². The highest BCUT2D eigenvalue weighted by Gasteiger charge is 2.18. The van der Waals surface area contributed by atoms with Crippen molar-refractivity contribution in [3.63, 3.8) is 0 Å². The molecule has 0 bridgehead atoms. The summed E-state index contributed by atoms with van der Waals surface area (Å²) in [4.78, 5) is 24.6. The van der Waals surface area contributed by atoms with Crippen molar-refractivity contribution in [1.82, 2.24) is 5.32 Å². The predicted octanol–water partition coefficient (Wildman–Crippen LogP) is 20.9. The fraction of sp³-hybridized carbons (Fsp3) is 0.853. The summed E-state index contributed by atoms with van der Waals surface area (Å²) in [6.45, 7) is 4.88. The molecule has 0 heterocycles. The molecule has 2 unspecified atom stereocenters. The zero-order chi connectivity index (χ0) is 53.6. The molecule has 6 heteroatoms. The average molecular weight is 1040 g/mol. The van der Waals surface area contributed by atoms with Gasteiger partial charge in [-0.2, -0.15) is 0 Å². The summed E-state index contributed by atoms with van der Waals surface area (Å²) >= 11 is 0. The minimum Gasteiger partial charge on any atom is -0.466 e. The summed E-state index contributed by atoms with van der Waals surface area (Å²) in [5.41, 5.74) is 0. The molecule has 0 radical (unpaired) electrons. The zero-order valence-electron chi connectivity index (χ0n) is 49.6. The number of unbranched alkanes of at least 4 members (excludes halogenated alkanes) is 45. The summed E-state index contributed by atoms with van der Waals surface area (Å²) in [5.74, 6) is -0.0969. The first-order valence-electron chi connectivity index (χ1n) is 32.9. The number of ether oxygens (including phenoxy) is 1. The molecule has 0 spiro atoms. The van der Waals surface area contributed by atoms with Gasteiger partial charge in [-0.3, -0.25) is 9.59 Å². The summed E-state index contributed by atoms with van der Waals surface area (Å²) in [6.07, 6.45) is 81.6. The largest absolute Gasteiger partial charge is 0.466 e. The van der Waals surface area contributed by atoms with Crippen molar-refractivity contribution < 1.29 is 24.5 Å². The number of hydrogen-bond donors (Lipinski definition) is 3. The third kappa shape index (κ3) is 59.1. The van der Waals surface area contributed by atoms with Crippen LogP contribution in [-0.4, -0.2) is 47.4 Å². The molecule has 0 aromatic rings. The lowest BCUT2D eigenvalue weighted by atomic mass is 10.0. The minimum atomic E-state index is -0.854. The molecule has 0 aliphatic heterocycles. The Morgan fingerprint density at radius 1 is 0.378 bits per heavy atom. The predicted molar refractivity (Wildman–Crippen MR) is 324 cm³/mol. The molecule has 1 amide bonds. The standard InChI is InChI=1S/C68H127NO5/c1-3-5-7-9-11-13-15-17-19-21-22-23-24-26-29-32-36-40-44-48-52-56-60-66(71)65(64-70)69-67(72)61-57-53-49-45-41-37-33-30-27-25-28-31-35-39-43-47-51-55-59-63-74-68(73)62-58-54-50-46-42-38-34-20-18-16-14-12-10-8-6-4-2/h20,31,34-35,39,43,56,60,65-66,70-71H,3-19,21-30,32-33,36-38,40-42,44-55,57-59,61-64H2,1-2H3,(H,69,72)/b34-20-,35-31-,43-39-,60-56+. The van der Waals surface area contributed by atoms with Gasteiger partial charge in [0.15, 0.2) is 0 Å². The number of allylic oxidation sites excluding steroid dienone is 7. The number of carbonyl (C=O) groups excluding carboxylic acids is 2. The lowest BCUT2D eigenvalue weighted by molar-refractivity contribution is -0.143. The number of nitrogens with one attached hydrogen (secondary N) is 1. The number of hydrogen-bond acceptors (Lipinski definition) is 5. The number of aliphatic hydroxyl groups is 2. The molecule has 434 valence electrons. The Kier molecular flexibility index (Phi) is 61.5. The maximum Gasteiger partial charge on any atom is 0.305 e. The lowest BCUT2D eigenvalue weighted by Crippen LogP contribution is -2.45. The number of aliphatic hydroxyl groups excluding tert-OH is 2. The van der Waals surface area contributed by atoms with E-state index in [-0.39, 0.29) is 18.5 Å².